The highest BCUT2D eigenvalue weighted by atomic mass is 32.2. The van der Waals surface area contributed by atoms with E-state index in [2.05, 4.69) is 4.83 Å². The second kappa shape index (κ2) is 5.48. The number of hydrogen-bond acceptors (Lipinski definition) is 4. The van der Waals surface area contributed by atoms with E-state index in [-0.39, 0.29) is 16.7 Å². The first-order valence-corrected chi connectivity index (χ1v) is 8.85. The molecular formula is C15H18N2O4S. The molecule has 2 aliphatic rings. The predicted molar refractivity (Wildman–Crippen MR) is 78.8 cm³/mol. The molecule has 118 valence electrons. The van der Waals surface area contributed by atoms with Crippen LogP contribution in [0.3, 0.4) is 0 Å². The molecular weight excluding hydrogens is 304 g/mol. The third kappa shape index (κ3) is 2.55. The molecule has 2 fully saturated rings. The minimum absolute atomic E-state index is 0.0357. The number of hydrazine groups is 1. The molecule has 0 radical (unpaired) electrons. The normalized spacial score (nSPS) is 25.4. The molecule has 1 saturated carbocycles. The first kappa shape index (κ1) is 15.2. The number of fused-ring (bicyclic) bond motifs is 1. The van der Waals surface area contributed by atoms with Crippen molar-refractivity contribution in [1.29, 1.82) is 0 Å². The molecule has 1 aromatic rings. The summed E-state index contributed by atoms with van der Waals surface area (Å²) in [4.78, 5) is 26.8. The van der Waals surface area contributed by atoms with Gasteiger partial charge in [-0.1, -0.05) is 30.5 Å². The van der Waals surface area contributed by atoms with E-state index in [9.17, 15) is 18.0 Å². The largest absolute Gasteiger partial charge is 0.273 e. The highest BCUT2D eigenvalue weighted by Gasteiger charge is 2.49. The smallest absolute Gasteiger partial charge is 0.257 e. The van der Waals surface area contributed by atoms with Crippen LogP contribution in [0.25, 0.3) is 0 Å². The van der Waals surface area contributed by atoms with E-state index in [4.69, 9.17) is 0 Å². The van der Waals surface area contributed by atoms with Gasteiger partial charge in [0.1, 0.15) is 0 Å². The van der Waals surface area contributed by atoms with E-state index in [0.717, 1.165) is 18.4 Å². The van der Waals surface area contributed by atoms with Crippen molar-refractivity contribution in [2.75, 3.05) is 0 Å². The van der Waals surface area contributed by atoms with E-state index in [1.54, 1.807) is 12.1 Å². The monoisotopic (exact) mass is 322 g/mol. The Bertz CT molecular complexity index is 688. The Morgan fingerprint density at radius 2 is 1.50 bits per heavy atom. The maximum absolute atomic E-state index is 12.3. The molecule has 2 amide bonds. The van der Waals surface area contributed by atoms with Gasteiger partial charge >= 0.3 is 0 Å². The number of benzene rings is 1. The lowest BCUT2D eigenvalue weighted by Gasteiger charge is -2.19. The Morgan fingerprint density at radius 3 is 2.00 bits per heavy atom. The molecule has 0 aromatic heterocycles. The molecule has 1 N–H and O–H groups in total. The number of aryl methyl sites for hydroxylation is 1. The maximum atomic E-state index is 12.3. The van der Waals surface area contributed by atoms with Crippen molar-refractivity contribution in [2.24, 2.45) is 11.8 Å². The third-order valence-corrected chi connectivity index (χ3v) is 5.70. The lowest BCUT2D eigenvalue weighted by atomic mass is 9.81. The first-order valence-electron chi connectivity index (χ1n) is 7.37. The quantitative estimate of drug-likeness (QED) is 0.852. The van der Waals surface area contributed by atoms with Gasteiger partial charge in [-0.15, -0.1) is 4.83 Å². The Labute approximate surface area is 129 Å². The van der Waals surface area contributed by atoms with Crippen LogP contribution in [0.5, 0.6) is 0 Å². The fraction of sp³-hybridized carbons (Fsp3) is 0.467. The molecule has 7 heteroatoms. The van der Waals surface area contributed by atoms with Crippen LogP contribution in [0.4, 0.5) is 0 Å². The molecule has 22 heavy (non-hydrogen) atoms. The van der Waals surface area contributed by atoms with E-state index >= 15 is 0 Å². The Hall–Kier alpha value is -1.73. The fourth-order valence-corrected chi connectivity index (χ4v) is 4.16. The van der Waals surface area contributed by atoms with Crippen molar-refractivity contribution in [3.05, 3.63) is 29.8 Å². The summed E-state index contributed by atoms with van der Waals surface area (Å²) in [5.41, 5.74) is 0.929. The molecule has 0 unspecified atom stereocenters. The zero-order valence-electron chi connectivity index (χ0n) is 12.3. The van der Waals surface area contributed by atoms with Crippen LogP contribution in [-0.4, -0.2) is 25.2 Å². The van der Waals surface area contributed by atoms with Gasteiger partial charge in [0.2, 0.25) is 11.8 Å². The van der Waals surface area contributed by atoms with Crippen LogP contribution in [-0.2, 0) is 19.6 Å². The minimum atomic E-state index is -3.93. The number of carbonyl (C=O) groups is 2. The summed E-state index contributed by atoms with van der Waals surface area (Å²) in [6, 6.07) is 6.25. The number of sulfonamides is 1. The molecule has 6 nitrogen and oxygen atoms in total. The lowest BCUT2D eigenvalue weighted by molar-refractivity contribution is -0.141. The first-order chi connectivity index (χ1) is 10.4. The number of nitrogens with one attached hydrogen (secondary N) is 1. The third-order valence-electron chi connectivity index (χ3n) is 4.38. The lowest BCUT2D eigenvalue weighted by Crippen LogP contribution is -2.46. The van der Waals surface area contributed by atoms with Crippen molar-refractivity contribution < 1.29 is 18.0 Å². The van der Waals surface area contributed by atoms with Crippen LogP contribution in [0, 0.1) is 18.8 Å². The molecule has 0 bridgehead atoms. The van der Waals surface area contributed by atoms with Gasteiger partial charge in [0.15, 0.2) is 0 Å². The van der Waals surface area contributed by atoms with Gasteiger partial charge in [0, 0.05) is 0 Å². The van der Waals surface area contributed by atoms with Gasteiger partial charge in [-0.25, -0.2) is 8.42 Å². The van der Waals surface area contributed by atoms with Crippen molar-refractivity contribution in [3.8, 4) is 0 Å². The summed E-state index contributed by atoms with van der Waals surface area (Å²) in [6.45, 7) is 1.85. The predicted octanol–water partition coefficient (Wildman–Crippen LogP) is 1.36. The molecule has 3 rings (SSSR count). The average Bonchev–Trinajstić information content (AvgIpc) is 2.73. The van der Waals surface area contributed by atoms with E-state index in [1.165, 1.54) is 12.1 Å². The van der Waals surface area contributed by atoms with Crippen LogP contribution in [0.2, 0.25) is 0 Å². The summed E-state index contributed by atoms with van der Waals surface area (Å²) < 4.78 is 24.7. The molecule has 1 aromatic carbocycles. The number of nitrogens with zero attached hydrogens (tertiary/aromatic N) is 1. The number of carbonyl (C=O) groups excluding carboxylic acids is 2. The highest BCUT2D eigenvalue weighted by Crippen LogP contribution is 2.37. The number of amides is 2. The SMILES string of the molecule is Cc1ccc(S(=O)(=O)NN2C(=O)[C@H]3CCCC[C@H]3C2=O)cc1. The van der Waals surface area contributed by atoms with Crippen LogP contribution < -0.4 is 4.83 Å². The molecule has 1 heterocycles. The van der Waals surface area contributed by atoms with Crippen molar-refractivity contribution in [2.45, 2.75) is 37.5 Å². The van der Waals surface area contributed by atoms with Crippen molar-refractivity contribution in [3.63, 3.8) is 0 Å². The molecule has 0 spiro atoms. The molecule has 1 aliphatic carbocycles. The second-order valence-electron chi connectivity index (χ2n) is 5.92. The Balaban J connectivity index is 1.84. The Morgan fingerprint density at radius 1 is 1.00 bits per heavy atom. The molecule has 2 atom stereocenters. The zero-order valence-corrected chi connectivity index (χ0v) is 13.1. The zero-order chi connectivity index (χ0) is 15.9. The summed E-state index contributed by atoms with van der Waals surface area (Å²) in [5, 5.41) is 0.704. The summed E-state index contributed by atoms with van der Waals surface area (Å²) >= 11 is 0. The van der Waals surface area contributed by atoms with Crippen molar-refractivity contribution in [1.82, 2.24) is 9.84 Å². The maximum Gasteiger partial charge on any atom is 0.257 e. The van der Waals surface area contributed by atoms with Gasteiger partial charge in [0.05, 0.1) is 16.7 Å². The number of rotatable bonds is 3. The molecule has 1 aliphatic heterocycles. The topological polar surface area (TPSA) is 83.6 Å². The van der Waals surface area contributed by atoms with E-state index in [0.29, 0.717) is 17.9 Å². The van der Waals surface area contributed by atoms with Gasteiger partial charge in [-0.3, -0.25) is 9.59 Å². The van der Waals surface area contributed by atoms with Gasteiger partial charge in [-0.2, -0.15) is 5.01 Å². The number of hydrogen-bond donors (Lipinski definition) is 1. The van der Waals surface area contributed by atoms with Crippen molar-refractivity contribution >= 4 is 21.8 Å². The van der Waals surface area contributed by atoms with Gasteiger partial charge < -0.3 is 0 Å². The second-order valence-corrected chi connectivity index (χ2v) is 7.58. The van der Waals surface area contributed by atoms with Gasteiger partial charge in [-0.05, 0) is 31.9 Å². The standard InChI is InChI=1S/C15H18N2O4S/c1-10-6-8-11(9-7-10)22(20,21)16-17-14(18)12-4-2-3-5-13(12)15(17)19/h6-9,12-13,16H,2-5H2,1H3/t12-,13+. The summed E-state index contributed by atoms with van der Waals surface area (Å²) in [6.07, 6.45) is 3.10. The minimum Gasteiger partial charge on any atom is -0.273 e. The van der Waals surface area contributed by atoms with E-state index < -0.39 is 21.8 Å². The fourth-order valence-electron chi connectivity index (χ4n) is 3.14. The van der Waals surface area contributed by atoms with Crippen LogP contribution in [0.15, 0.2) is 29.2 Å². The van der Waals surface area contributed by atoms with Crippen LogP contribution in [0.1, 0.15) is 31.2 Å². The van der Waals surface area contributed by atoms with Crippen LogP contribution >= 0.6 is 0 Å². The molecule has 1 saturated heterocycles. The van der Waals surface area contributed by atoms with Gasteiger partial charge in [0.25, 0.3) is 10.0 Å². The van der Waals surface area contributed by atoms with E-state index in [1.807, 2.05) is 6.92 Å². The summed E-state index contributed by atoms with van der Waals surface area (Å²) in [7, 11) is -3.93. The Kier molecular flexibility index (Phi) is 3.78. The summed E-state index contributed by atoms with van der Waals surface area (Å²) in [5.74, 6) is -1.60. The average molecular weight is 322 g/mol. The highest BCUT2D eigenvalue weighted by molar-refractivity contribution is 7.89. The number of imide groups is 1.